The number of carboxylic acids is 1. The van der Waals surface area contributed by atoms with E-state index in [1.165, 1.54) is 0 Å². The molecule has 114 valence electrons. The Morgan fingerprint density at radius 3 is 2.40 bits per heavy atom. The molecule has 6 heteroatoms. The van der Waals surface area contributed by atoms with E-state index >= 15 is 0 Å². The summed E-state index contributed by atoms with van der Waals surface area (Å²) in [5, 5.41) is 14.3. The molecule has 3 N–H and O–H groups in total. The first-order valence-corrected chi connectivity index (χ1v) is 7.16. The quantitative estimate of drug-likeness (QED) is 0.613. The van der Waals surface area contributed by atoms with Crippen LogP contribution >= 0.6 is 0 Å². The van der Waals surface area contributed by atoms with Crippen molar-refractivity contribution < 1.29 is 19.5 Å². The van der Waals surface area contributed by atoms with Gasteiger partial charge in [0.15, 0.2) is 0 Å². The minimum atomic E-state index is -1.02. The van der Waals surface area contributed by atoms with Gasteiger partial charge in [-0.05, 0) is 18.3 Å². The number of rotatable bonds is 8. The maximum absolute atomic E-state index is 11.7. The Hall–Kier alpha value is -1.59. The van der Waals surface area contributed by atoms with E-state index in [2.05, 4.69) is 10.6 Å². The predicted molar refractivity (Wildman–Crippen MR) is 73.9 cm³/mol. The van der Waals surface area contributed by atoms with Crippen molar-refractivity contribution in [3.05, 3.63) is 0 Å². The summed E-state index contributed by atoms with van der Waals surface area (Å²) in [6.07, 6.45) is 1.69. The van der Waals surface area contributed by atoms with E-state index in [1.807, 2.05) is 13.8 Å². The zero-order chi connectivity index (χ0) is 15.3. The number of aliphatic carboxylic acids is 1. The third kappa shape index (κ3) is 4.83. The first-order valence-electron chi connectivity index (χ1n) is 7.16. The zero-order valence-electron chi connectivity index (χ0n) is 12.3. The summed E-state index contributed by atoms with van der Waals surface area (Å²) in [6.45, 7) is 5.93. The number of carbonyl (C=O) groups is 3. The maximum atomic E-state index is 11.7. The number of hydrogen-bond acceptors (Lipinski definition) is 3. The van der Waals surface area contributed by atoms with Crippen LogP contribution in [-0.4, -0.2) is 35.5 Å². The largest absolute Gasteiger partial charge is 0.480 e. The van der Waals surface area contributed by atoms with Crippen LogP contribution in [-0.2, 0) is 14.4 Å². The first kappa shape index (κ1) is 16.5. The highest BCUT2D eigenvalue weighted by atomic mass is 16.4. The summed E-state index contributed by atoms with van der Waals surface area (Å²) in [7, 11) is 0. The number of nitrogens with one attached hydrogen (secondary N) is 2. The lowest BCUT2D eigenvalue weighted by Crippen LogP contribution is -2.45. The molecule has 0 heterocycles. The van der Waals surface area contributed by atoms with E-state index in [-0.39, 0.29) is 36.6 Å². The molecule has 0 aromatic heterocycles. The van der Waals surface area contributed by atoms with E-state index in [4.69, 9.17) is 5.11 Å². The summed E-state index contributed by atoms with van der Waals surface area (Å²) in [4.78, 5) is 34.3. The SMILES string of the molecule is CCC(C)[C@H](NC(=O)CCNC(=O)C1CC1C)C(=O)O. The molecule has 0 aliphatic heterocycles. The molecule has 2 amide bonds. The fourth-order valence-corrected chi connectivity index (χ4v) is 2.05. The van der Waals surface area contributed by atoms with Gasteiger partial charge in [-0.2, -0.15) is 0 Å². The van der Waals surface area contributed by atoms with Crippen LogP contribution in [0.3, 0.4) is 0 Å². The average molecular weight is 284 g/mol. The minimum absolute atomic E-state index is 0.0120. The van der Waals surface area contributed by atoms with E-state index in [0.29, 0.717) is 12.3 Å². The molecular formula is C14H24N2O4. The highest BCUT2D eigenvalue weighted by Gasteiger charge is 2.38. The molecule has 1 rings (SSSR count). The number of hydrogen-bond donors (Lipinski definition) is 3. The molecule has 1 saturated carbocycles. The van der Waals surface area contributed by atoms with Crippen LogP contribution in [0.25, 0.3) is 0 Å². The van der Waals surface area contributed by atoms with Crippen LogP contribution in [0.5, 0.6) is 0 Å². The van der Waals surface area contributed by atoms with Gasteiger partial charge in [-0.3, -0.25) is 9.59 Å². The summed E-state index contributed by atoms with van der Waals surface area (Å²) in [5.74, 6) is -0.985. The molecule has 0 radical (unpaired) electrons. The molecule has 3 unspecified atom stereocenters. The van der Waals surface area contributed by atoms with Gasteiger partial charge in [0, 0.05) is 18.9 Å². The smallest absolute Gasteiger partial charge is 0.326 e. The Kier molecular flexibility index (Phi) is 5.98. The number of amides is 2. The van der Waals surface area contributed by atoms with Crippen LogP contribution in [0, 0.1) is 17.8 Å². The van der Waals surface area contributed by atoms with Crippen LogP contribution < -0.4 is 10.6 Å². The fraction of sp³-hybridized carbons (Fsp3) is 0.786. The van der Waals surface area contributed by atoms with Gasteiger partial charge in [0.25, 0.3) is 0 Å². The van der Waals surface area contributed by atoms with Crippen molar-refractivity contribution in [1.82, 2.24) is 10.6 Å². The van der Waals surface area contributed by atoms with E-state index < -0.39 is 12.0 Å². The van der Waals surface area contributed by atoms with E-state index in [9.17, 15) is 14.4 Å². The van der Waals surface area contributed by atoms with E-state index in [0.717, 1.165) is 6.42 Å². The Morgan fingerprint density at radius 2 is 1.95 bits per heavy atom. The standard InChI is InChI=1S/C14H24N2O4/c1-4-8(2)12(14(19)20)16-11(17)5-6-15-13(18)10-7-9(10)3/h8-10,12H,4-7H2,1-3H3,(H,15,18)(H,16,17)(H,19,20)/t8?,9?,10?,12-/m0/s1. The molecule has 0 saturated heterocycles. The van der Waals surface area contributed by atoms with Gasteiger partial charge in [0.2, 0.25) is 11.8 Å². The molecule has 1 aliphatic rings. The van der Waals surface area contributed by atoms with Gasteiger partial charge >= 0.3 is 5.97 Å². The maximum Gasteiger partial charge on any atom is 0.326 e. The molecule has 0 bridgehead atoms. The van der Waals surface area contributed by atoms with Gasteiger partial charge in [-0.1, -0.05) is 27.2 Å². The summed E-state index contributed by atoms with van der Waals surface area (Å²) >= 11 is 0. The van der Waals surface area contributed by atoms with Crippen molar-refractivity contribution in [2.45, 2.75) is 46.1 Å². The Bertz CT molecular complexity index is 383. The molecule has 0 aromatic carbocycles. The van der Waals surface area contributed by atoms with Crippen molar-refractivity contribution in [2.75, 3.05) is 6.54 Å². The molecule has 1 fully saturated rings. The average Bonchev–Trinajstić information content (AvgIpc) is 3.11. The second-order valence-corrected chi connectivity index (χ2v) is 5.63. The van der Waals surface area contributed by atoms with Gasteiger partial charge in [0.1, 0.15) is 6.04 Å². The molecule has 6 nitrogen and oxygen atoms in total. The lowest BCUT2D eigenvalue weighted by Gasteiger charge is -2.20. The summed E-state index contributed by atoms with van der Waals surface area (Å²) in [6, 6.07) is -0.869. The topological polar surface area (TPSA) is 95.5 Å². The lowest BCUT2D eigenvalue weighted by atomic mass is 9.99. The second-order valence-electron chi connectivity index (χ2n) is 5.63. The molecule has 4 atom stereocenters. The van der Waals surface area contributed by atoms with Gasteiger partial charge in [-0.15, -0.1) is 0 Å². The summed E-state index contributed by atoms with van der Waals surface area (Å²) in [5.41, 5.74) is 0. The summed E-state index contributed by atoms with van der Waals surface area (Å²) < 4.78 is 0. The molecule has 0 spiro atoms. The van der Waals surface area contributed by atoms with Crippen molar-refractivity contribution in [3.8, 4) is 0 Å². The van der Waals surface area contributed by atoms with E-state index in [1.54, 1.807) is 6.92 Å². The zero-order valence-corrected chi connectivity index (χ0v) is 12.3. The van der Waals surface area contributed by atoms with Crippen molar-refractivity contribution in [3.63, 3.8) is 0 Å². The van der Waals surface area contributed by atoms with Gasteiger partial charge in [-0.25, -0.2) is 4.79 Å². The predicted octanol–water partition coefficient (Wildman–Crippen LogP) is 0.764. The Morgan fingerprint density at radius 1 is 1.35 bits per heavy atom. The van der Waals surface area contributed by atoms with Crippen LogP contribution in [0.2, 0.25) is 0 Å². The molecular weight excluding hydrogens is 260 g/mol. The minimum Gasteiger partial charge on any atom is -0.480 e. The Labute approximate surface area is 119 Å². The van der Waals surface area contributed by atoms with Crippen molar-refractivity contribution in [1.29, 1.82) is 0 Å². The third-order valence-electron chi connectivity index (χ3n) is 3.89. The van der Waals surface area contributed by atoms with Gasteiger partial charge in [0.05, 0.1) is 0 Å². The number of carbonyl (C=O) groups excluding carboxylic acids is 2. The molecule has 1 aliphatic carbocycles. The van der Waals surface area contributed by atoms with Crippen LogP contribution in [0.15, 0.2) is 0 Å². The van der Waals surface area contributed by atoms with Crippen molar-refractivity contribution in [2.24, 2.45) is 17.8 Å². The van der Waals surface area contributed by atoms with Gasteiger partial charge < -0.3 is 15.7 Å². The molecule has 0 aromatic rings. The monoisotopic (exact) mass is 284 g/mol. The van der Waals surface area contributed by atoms with Crippen LogP contribution in [0.1, 0.15) is 40.0 Å². The lowest BCUT2D eigenvalue weighted by molar-refractivity contribution is -0.143. The second kappa shape index (κ2) is 7.26. The normalized spacial score (nSPS) is 23.6. The first-order chi connectivity index (χ1) is 9.36. The number of carboxylic acid groups (broad SMARTS) is 1. The Balaban J connectivity index is 2.27. The molecule has 20 heavy (non-hydrogen) atoms. The fourth-order valence-electron chi connectivity index (χ4n) is 2.05. The highest BCUT2D eigenvalue weighted by Crippen LogP contribution is 2.37. The van der Waals surface area contributed by atoms with Crippen LogP contribution in [0.4, 0.5) is 0 Å². The highest BCUT2D eigenvalue weighted by molar-refractivity contribution is 5.85. The van der Waals surface area contributed by atoms with Crippen molar-refractivity contribution >= 4 is 17.8 Å². The third-order valence-corrected chi connectivity index (χ3v) is 3.89.